The summed E-state index contributed by atoms with van der Waals surface area (Å²) in [6.45, 7) is 6.63. The van der Waals surface area contributed by atoms with Crippen molar-refractivity contribution in [2.24, 2.45) is 0 Å². The van der Waals surface area contributed by atoms with Gasteiger partial charge >= 0.3 is 0 Å². The molecule has 3 heteroatoms. The van der Waals surface area contributed by atoms with Gasteiger partial charge in [0.1, 0.15) is 0 Å². The van der Waals surface area contributed by atoms with E-state index in [0.29, 0.717) is 6.04 Å². The highest BCUT2D eigenvalue weighted by Crippen LogP contribution is 2.27. The Kier molecular flexibility index (Phi) is 8.27. The van der Waals surface area contributed by atoms with Gasteiger partial charge in [0.15, 0.2) is 0 Å². The van der Waals surface area contributed by atoms with E-state index in [9.17, 15) is 5.11 Å². The standard InChI is InChI=1S/C17H29NOS/c1-4-5-9-12-20-14-17(13-19,18-15(2)3)16-10-7-6-8-11-16/h6-8,10-11,15,18-19H,4-5,9,12-14H2,1-3H3. The van der Waals surface area contributed by atoms with Gasteiger partial charge < -0.3 is 10.4 Å². The Morgan fingerprint density at radius 1 is 1.20 bits per heavy atom. The van der Waals surface area contributed by atoms with Crippen LogP contribution in [0.5, 0.6) is 0 Å². The van der Waals surface area contributed by atoms with Crippen LogP contribution in [0.1, 0.15) is 45.6 Å². The molecule has 0 saturated carbocycles. The molecule has 1 atom stereocenters. The van der Waals surface area contributed by atoms with E-state index >= 15 is 0 Å². The number of unbranched alkanes of at least 4 members (excludes halogenated alkanes) is 2. The Morgan fingerprint density at radius 2 is 1.90 bits per heavy atom. The first-order chi connectivity index (χ1) is 9.64. The van der Waals surface area contributed by atoms with Gasteiger partial charge in [0.25, 0.3) is 0 Å². The molecular weight excluding hydrogens is 266 g/mol. The first kappa shape index (κ1) is 17.5. The van der Waals surface area contributed by atoms with Gasteiger partial charge in [-0.25, -0.2) is 0 Å². The lowest BCUT2D eigenvalue weighted by molar-refractivity contribution is 0.170. The van der Waals surface area contributed by atoms with E-state index in [1.807, 2.05) is 30.0 Å². The monoisotopic (exact) mass is 295 g/mol. The largest absolute Gasteiger partial charge is 0.394 e. The zero-order chi connectivity index (χ0) is 14.8. The number of nitrogens with one attached hydrogen (secondary N) is 1. The third kappa shape index (κ3) is 5.47. The highest BCUT2D eigenvalue weighted by molar-refractivity contribution is 7.99. The van der Waals surface area contributed by atoms with E-state index in [0.717, 1.165) is 5.75 Å². The van der Waals surface area contributed by atoms with Crippen LogP contribution in [0.4, 0.5) is 0 Å². The van der Waals surface area contributed by atoms with Crippen molar-refractivity contribution in [1.29, 1.82) is 0 Å². The topological polar surface area (TPSA) is 32.3 Å². The summed E-state index contributed by atoms with van der Waals surface area (Å²) in [6, 6.07) is 10.7. The molecule has 0 amide bonds. The molecular formula is C17H29NOS. The molecule has 0 aromatic heterocycles. The molecule has 1 aromatic carbocycles. The summed E-state index contributed by atoms with van der Waals surface area (Å²) in [5.74, 6) is 2.08. The third-order valence-corrected chi connectivity index (χ3v) is 4.68. The van der Waals surface area contributed by atoms with Crippen LogP contribution >= 0.6 is 11.8 Å². The van der Waals surface area contributed by atoms with Crippen molar-refractivity contribution in [2.75, 3.05) is 18.1 Å². The molecule has 0 aliphatic heterocycles. The molecule has 2 nitrogen and oxygen atoms in total. The summed E-state index contributed by atoms with van der Waals surface area (Å²) >= 11 is 1.94. The summed E-state index contributed by atoms with van der Waals surface area (Å²) in [7, 11) is 0. The highest BCUT2D eigenvalue weighted by atomic mass is 32.2. The molecule has 2 N–H and O–H groups in total. The van der Waals surface area contributed by atoms with Gasteiger partial charge in [0.2, 0.25) is 0 Å². The third-order valence-electron chi connectivity index (χ3n) is 3.40. The van der Waals surface area contributed by atoms with E-state index in [1.54, 1.807) is 0 Å². The maximum Gasteiger partial charge on any atom is 0.0762 e. The average molecular weight is 295 g/mol. The van der Waals surface area contributed by atoms with Crippen molar-refractivity contribution in [3.63, 3.8) is 0 Å². The predicted molar refractivity (Wildman–Crippen MR) is 90.3 cm³/mol. The van der Waals surface area contributed by atoms with Crippen LogP contribution in [0.2, 0.25) is 0 Å². The van der Waals surface area contributed by atoms with Crippen molar-refractivity contribution in [2.45, 2.75) is 51.6 Å². The SMILES string of the molecule is CCCCCSCC(CO)(NC(C)C)c1ccccc1. The molecule has 0 fully saturated rings. The Balaban J connectivity index is 2.73. The molecule has 0 spiro atoms. The van der Waals surface area contributed by atoms with E-state index in [-0.39, 0.29) is 12.1 Å². The minimum Gasteiger partial charge on any atom is -0.394 e. The molecule has 1 rings (SSSR count). The van der Waals surface area contributed by atoms with Crippen LogP contribution in [0.25, 0.3) is 0 Å². The van der Waals surface area contributed by atoms with Crippen molar-refractivity contribution in [3.05, 3.63) is 35.9 Å². The maximum absolute atomic E-state index is 10.0. The quantitative estimate of drug-likeness (QED) is 0.644. The average Bonchev–Trinajstić information content (AvgIpc) is 2.46. The summed E-state index contributed by atoms with van der Waals surface area (Å²) in [6.07, 6.45) is 3.82. The molecule has 1 aromatic rings. The Labute approximate surface area is 128 Å². The van der Waals surface area contributed by atoms with Crippen molar-refractivity contribution >= 4 is 11.8 Å². The fourth-order valence-electron chi connectivity index (χ4n) is 2.40. The molecule has 0 radical (unpaired) electrons. The fourth-order valence-corrected chi connectivity index (χ4v) is 3.64. The lowest BCUT2D eigenvalue weighted by Crippen LogP contribution is -2.51. The second-order valence-electron chi connectivity index (χ2n) is 5.66. The molecule has 0 heterocycles. The Hall–Kier alpha value is -0.510. The van der Waals surface area contributed by atoms with E-state index in [1.165, 1.54) is 30.6 Å². The number of hydrogen-bond donors (Lipinski definition) is 2. The number of aliphatic hydroxyl groups is 1. The second-order valence-corrected chi connectivity index (χ2v) is 6.77. The van der Waals surface area contributed by atoms with Gasteiger partial charge in [-0.1, -0.05) is 50.1 Å². The van der Waals surface area contributed by atoms with Crippen molar-refractivity contribution in [3.8, 4) is 0 Å². The van der Waals surface area contributed by atoms with Crippen LogP contribution in [-0.4, -0.2) is 29.3 Å². The van der Waals surface area contributed by atoms with Gasteiger partial charge in [0.05, 0.1) is 12.1 Å². The Bertz CT molecular complexity index is 355. The second kappa shape index (κ2) is 9.43. The summed E-state index contributed by atoms with van der Waals surface area (Å²) < 4.78 is 0. The molecule has 0 aliphatic rings. The zero-order valence-electron chi connectivity index (χ0n) is 13.1. The summed E-state index contributed by atoms with van der Waals surface area (Å²) in [4.78, 5) is 0. The minimum absolute atomic E-state index is 0.135. The molecule has 0 aliphatic carbocycles. The zero-order valence-corrected chi connectivity index (χ0v) is 13.9. The summed E-state index contributed by atoms with van der Waals surface area (Å²) in [5, 5.41) is 13.6. The molecule has 20 heavy (non-hydrogen) atoms. The smallest absolute Gasteiger partial charge is 0.0762 e. The highest BCUT2D eigenvalue weighted by Gasteiger charge is 2.31. The minimum atomic E-state index is -0.327. The number of aliphatic hydroxyl groups excluding tert-OH is 1. The lowest BCUT2D eigenvalue weighted by Gasteiger charge is -2.35. The summed E-state index contributed by atoms with van der Waals surface area (Å²) in [5.41, 5.74) is 0.853. The molecule has 1 unspecified atom stereocenters. The van der Waals surface area contributed by atoms with Crippen molar-refractivity contribution < 1.29 is 5.11 Å². The van der Waals surface area contributed by atoms with Crippen LogP contribution in [0.15, 0.2) is 30.3 Å². The van der Waals surface area contributed by atoms with Gasteiger partial charge in [-0.15, -0.1) is 0 Å². The molecule has 0 saturated heterocycles. The van der Waals surface area contributed by atoms with Crippen LogP contribution in [-0.2, 0) is 5.54 Å². The predicted octanol–water partition coefficient (Wildman–Crippen LogP) is 3.80. The Morgan fingerprint density at radius 3 is 2.45 bits per heavy atom. The van der Waals surface area contributed by atoms with Crippen molar-refractivity contribution in [1.82, 2.24) is 5.32 Å². The fraction of sp³-hybridized carbons (Fsp3) is 0.647. The van der Waals surface area contributed by atoms with Crippen LogP contribution in [0.3, 0.4) is 0 Å². The number of hydrogen-bond acceptors (Lipinski definition) is 3. The normalized spacial score (nSPS) is 14.4. The number of benzene rings is 1. The molecule has 114 valence electrons. The molecule has 0 bridgehead atoms. The van der Waals surface area contributed by atoms with Gasteiger partial charge in [-0.05, 0) is 31.6 Å². The van der Waals surface area contributed by atoms with E-state index < -0.39 is 0 Å². The number of thioether (sulfide) groups is 1. The van der Waals surface area contributed by atoms with E-state index in [2.05, 4.69) is 38.2 Å². The first-order valence-electron chi connectivity index (χ1n) is 7.66. The van der Waals surface area contributed by atoms with Gasteiger partial charge in [0, 0.05) is 11.8 Å². The first-order valence-corrected chi connectivity index (χ1v) is 8.82. The van der Waals surface area contributed by atoms with Crippen LogP contribution < -0.4 is 5.32 Å². The number of rotatable bonds is 10. The maximum atomic E-state index is 10.0. The van der Waals surface area contributed by atoms with E-state index in [4.69, 9.17) is 0 Å². The van der Waals surface area contributed by atoms with Gasteiger partial charge in [-0.2, -0.15) is 11.8 Å². The lowest BCUT2D eigenvalue weighted by atomic mass is 9.92. The van der Waals surface area contributed by atoms with Crippen LogP contribution in [0, 0.1) is 0 Å². The van der Waals surface area contributed by atoms with Gasteiger partial charge in [-0.3, -0.25) is 0 Å².